The van der Waals surface area contributed by atoms with E-state index in [4.69, 9.17) is 10.2 Å². The molecule has 13 heteroatoms. The number of carbonyl (C=O) groups excluding carboxylic acids is 3. The Morgan fingerprint density at radius 2 is 1.41 bits per heavy atom. The van der Waals surface area contributed by atoms with Crippen LogP contribution in [0, 0.1) is 0 Å². The van der Waals surface area contributed by atoms with E-state index in [0.29, 0.717) is 12.2 Å². The maximum absolute atomic E-state index is 12.3. The number of likely N-dealkylation sites (N-methyl/N-ethyl adjacent to an activating group) is 2. The highest BCUT2D eigenvalue weighted by molar-refractivity contribution is 7.99. The highest BCUT2D eigenvalue weighted by atomic mass is 32.2. The number of carbonyl (C=O) groups is 5. The van der Waals surface area contributed by atoms with E-state index in [9.17, 15) is 29.1 Å². The van der Waals surface area contributed by atoms with Gasteiger partial charge in [-0.3, -0.25) is 19.2 Å². The van der Waals surface area contributed by atoms with E-state index in [1.54, 1.807) is 7.05 Å². The molecule has 0 aromatic carbocycles. The Morgan fingerprint density at radius 1 is 0.875 bits per heavy atom. The Bertz CT molecular complexity index is 661. The Labute approximate surface area is 191 Å². The number of hydrogen-bond acceptors (Lipinski definition) is 9. The second-order valence-electron chi connectivity index (χ2n) is 7.22. The van der Waals surface area contributed by atoms with E-state index >= 15 is 0 Å². The third-order valence-electron chi connectivity index (χ3n) is 4.67. The van der Waals surface area contributed by atoms with Crippen LogP contribution in [0.15, 0.2) is 0 Å². The van der Waals surface area contributed by atoms with Crippen molar-refractivity contribution in [3.8, 4) is 0 Å². The zero-order valence-corrected chi connectivity index (χ0v) is 19.5. The van der Waals surface area contributed by atoms with Crippen LogP contribution in [0.3, 0.4) is 0 Å². The van der Waals surface area contributed by atoms with Gasteiger partial charge in [0.05, 0.1) is 24.2 Å². The summed E-state index contributed by atoms with van der Waals surface area (Å²) in [4.78, 5) is 58.3. The van der Waals surface area contributed by atoms with Gasteiger partial charge in [-0.25, -0.2) is 4.79 Å². The molecule has 0 aliphatic carbocycles. The van der Waals surface area contributed by atoms with Gasteiger partial charge in [-0.2, -0.15) is 11.8 Å². The average molecular weight is 479 g/mol. The van der Waals surface area contributed by atoms with Gasteiger partial charge >= 0.3 is 11.9 Å². The second kappa shape index (κ2) is 15.6. The number of thioether (sulfide) groups is 1. The van der Waals surface area contributed by atoms with E-state index in [1.807, 2.05) is 0 Å². The van der Waals surface area contributed by atoms with E-state index in [1.165, 1.54) is 32.7 Å². The molecule has 0 saturated heterocycles. The molecule has 0 bridgehead atoms. The van der Waals surface area contributed by atoms with Crippen LogP contribution < -0.4 is 21.3 Å². The molecule has 0 spiro atoms. The van der Waals surface area contributed by atoms with Crippen molar-refractivity contribution < 1.29 is 39.3 Å². The first-order valence-electron chi connectivity index (χ1n) is 10.1. The second-order valence-corrected chi connectivity index (χ2v) is 8.37. The number of hydrogen-bond donors (Lipinski definition) is 7. The molecule has 5 atom stereocenters. The SMILES string of the molecule is CN[C@@H](CCC(=O)O)C(=O)N[C@@H](CSCC[C@H](NC)C(=O)N[C@H](C(=O)O)[C@@H](C)O)C(C)=O. The fourth-order valence-corrected chi connectivity index (χ4v) is 3.78. The molecule has 0 heterocycles. The summed E-state index contributed by atoms with van der Waals surface area (Å²) in [5.41, 5.74) is 0. The van der Waals surface area contributed by atoms with Gasteiger partial charge in [0, 0.05) is 12.2 Å². The minimum atomic E-state index is -1.43. The van der Waals surface area contributed by atoms with Crippen LogP contribution in [0.5, 0.6) is 0 Å². The van der Waals surface area contributed by atoms with Gasteiger partial charge in [0.15, 0.2) is 11.8 Å². The number of Topliss-reactive ketones (excluding diaryl/α,β-unsaturated/α-hetero) is 1. The summed E-state index contributed by atoms with van der Waals surface area (Å²) >= 11 is 1.33. The number of nitrogens with one attached hydrogen (secondary N) is 4. The molecule has 2 amide bonds. The molecule has 0 aliphatic heterocycles. The van der Waals surface area contributed by atoms with Crippen LogP contribution in [0.25, 0.3) is 0 Å². The van der Waals surface area contributed by atoms with Gasteiger partial charge in [-0.05, 0) is 46.5 Å². The molecule has 0 aliphatic rings. The number of ketones is 1. The van der Waals surface area contributed by atoms with Gasteiger partial charge in [0.25, 0.3) is 0 Å². The highest BCUT2D eigenvalue weighted by Crippen LogP contribution is 2.09. The quantitative estimate of drug-likeness (QED) is 0.116. The first-order chi connectivity index (χ1) is 14.9. The minimum Gasteiger partial charge on any atom is -0.481 e. The maximum atomic E-state index is 12.3. The third kappa shape index (κ3) is 11.4. The van der Waals surface area contributed by atoms with Crippen LogP contribution in [0.2, 0.25) is 0 Å². The van der Waals surface area contributed by atoms with Crippen LogP contribution in [0.4, 0.5) is 0 Å². The van der Waals surface area contributed by atoms with Crippen molar-refractivity contribution in [3.63, 3.8) is 0 Å². The van der Waals surface area contributed by atoms with Crippen molar-refractivity contribution in [2.75, 3.05) is 25.6 Å². The summed E-state index contributed by atoms with van der Waals surface area (Å²) in [6.07, 6.45) is -1.06. The Kier molecular flexibility index (Phi) is 14.5. The predicted octanol–water partition coefficient (Wildman–Crippen LogP) is -1.83. The smallest absolute Gasteiger partial charge is 0.328 e. The minimum absolute atomic E-state index is 0.0815. The molecule has 32 heavy (non-hydrogen) atoms. The molecule has 0 aromatic rings. The largest absolute Gasteiger partial charge is 0.481 e. The normalized spacial score (nSPS) is 15.7. The van der Waals surface area contributed by atoms with Crippen LogP contribution in [0.1, 0.15) is 33.1 Å². The summed E-state index contributed by atoms with van der Waals surface area (Å²) in [7, 11) is 3.07. The van der Waals surface area contributed by atoms with E-state index in [2.05, 4.69) is 21.3 Å². The highest BCUT2D eigenvalue weighted by Gasteiger charge is 2.28. The Balaban J connectivity index is 4.69. The fourth-order valence-electron chi connectivity index (χ4n) is 2.66. The zero-order chi connectivity index (χ0) is 24.8. The number of aliphatic carboxylic acids is 2. The first-order valence-corrected chi connectivity index (χ1v) is 11.3. The topological polar surface area (TPSA) is 194 Å². The van der Waals surface area contributed by atoms with Crippen molar-refractivity contribution >= 4 is 41.3 Å². The van der Waals surface area contributed by atoms with Crippen molar-refractivity contribution in [2.45, 2.75) is 63.4 Å². The molecule has 184 valence electrons. The first kappa shape index (κ1) is 29.8. The summed E-state index contributed by atoms with van der Waals surface area (Å²) in [6, 6.07) is -3.66. The lowest BCUT2D eigenvalue weighted by Gasteiger charge is -2.22. The van der Waals surface area contributed by atoms with Gasteiger partial charge in [-0.15, -0.1) is 0 Å². The summed E-state index contributed by atoms with van der Waals surface area (Å²) in [6.45, 7) is 2.60. The molecule has 0 unspecified atom stereocenters. The zero-order valence-electron chi connectivity index (χ0n) is 18.7. The summed E-state index contributed by atoms with van der Waals surface area (Å²) < 4.78 is 0. The van der Waals surface area contributed by atoms with Crippen molar-refractivity contribution in [2.24, 2.45) is 0 Å². The molecule has 0 rings (SSSR count). The van der Waals surface area contributed by atoms with Crippen LogP contribution in [-0.2, 0) is 24.0 Å². The maximum Gasteiger partial charge on any atom is 0.328 e. The molecular formula is C19H34N4O8S. The number of carboxylic acid groups (broad SMARTS) is 2. The van der Waals surface area contributed by atoms with Gasteiger partial charge in [0.2, 0.25) is 11.8 Å². The number of carboxylic acids is 2. The van der Waals surface area contributed by atoms with Crippen LogP contribution in [-0.4, -0.2) is 101 Å². The van der Waals surface area contributed by atoms with Gasteiger partial charge < -0.3 is 36.6 Å². The fraction of sp³-hybridized carbons (Fsp3) is 0.737. The number of aliphatic hydroxyl groups excluding tert-OH is 1. The van der Waals surface area contributed by atoms with Crippen molar-refractivity contribution in [1.82, 2.24) is 21.3 Å². The van der Waals surface area contributed by atoms with Gasteiger partial charge in [-0.1, -0.05) is 0 Å². The molecule has 0 saturated carbocycles. The lowest BCUT2D eigenvalue weighted by molar-refractivity contribution is -0.145. The number of amides is 2. The Hall–Kier alpha value is -2.22. The van der Waals surface area contributed by atoms with E-state index < -0.39 is 54.0 Å². The lowest BCUT2D eigenvalue weighted by atomic mass is 10.1. The number of rotatable bonds is 17. The Morgan fingerprint density at radius 3 is 1.84 bits per heavy atom. The van der Waals surface area contributed by atoms with E-state index in [0.717, 1.165) is 0 Å². The monoisotopic (exact) mass is 478 g/mol. The summed E-state index contributed by atoms with van der Waals surface area (Å²) in [5, 5.41) is 37.7. The summed E-state index contributed by atoms with van der Waals surface area (Å²) in [5.74, 6) is -3.00. The van der Waals surface area contributed by atoms with Crippen molar-refractivity contribution in [1.29, 1.82) is 0 Å². The third-order valence-corrected chi connectivity index (χ3v) is 5.76. The lowest BCUT2D eigenvalue weighted by Crippen LogP contribution is -2.53. The van der Waals surface area contributed by atoms with Crippen molar-refractivity contribution in [3.05, 3.63) is 0 Å². The standard InChI is InChI=1S/C19H34N4O8S/c1-10(24)14(22-17(28)12(20-3)5-6-15(26)27)9-32-8-7-13(21-4)18(29)23-16(11(2)25)19(30)31/h11-14,16,20-21,25H,5-9H2,1-4H3,(H,22,28)(H,23,29)(H,26,27)(H,30,31)/t11-,12+,13+,14+,16+/m1/s1. The predicted molar refractivity (Wildman–Crippen MR) is 118 cm³/mol. The molecule has 0 fully saturated rings. The molecular weight excluding hydrogens is 444 g/mol. The van der Waals surface area contributed by atoms with Gasteiger partial charge in [0.1, 0.15) is 0 Å². The molecule has 0 radical (unpaired) electrons. The number of aliphatic hydroxyl groups is 1. The average Bonchev–Trinajstić information content (AvgIpc) is 2.70. The van der Waals surface area contributed by atoms with Crippen LogP contribution >= 0.6 is 11.8 Å². The molecule has 7 N–H and O–H groups in total. The molecule has 12 nitrogen and oxygen atoms in total. The van der Waals surface area contributed by atoms with E-state index in [-0.39, 0.29) is 24.4 Å². The molecule has 0 aromatic heterocycles.